The molecule has 1 aliphatic heterocycles. The largest absolute Gasteiger partial charge is 0.417 e. The molecular formula is C21H30N2O3. The Morgan fingerprint density at radius 2 is 1.58 bits per heavy atom. The van der Waals surface area contributed by atoms with Crippen LogP contribution in [0.1, 0.15) is 47.2 Å². The van der Waals surface area contributed by atoms with E-state index in [1.165, 1.54) is 5.56 Å². The van der Waals surface area contributed by atoms with Crippen LogP contribution in [0.25, 0.3) is 11.1 Å². The minimum atomic E-state index is -0.398. The summed E-state index contributed by atoms with van der Waals surface area (Å²) in [6, 6.07) is 11.7. The lowest BCUT2D eigenvalue weighted by atomic mass is 9.86. The smallest absolute Gasteiger partial charge is 0.408 e. The van der Waals surface area contributed by atoms with Crippen molar-refractivity contribution in [3.63, 3.8) is 0 Å². The van der Waals surface area contributed by atoms with E-state index in [4.69, 9.17) is 4.42 Å². The number of carbonyl (C=O) groups excluding carboxylic acids is 1. The molecule has 0 radical (unpaired) electrons. The molecule has 4 rings (SSSR count). The quantitative estimate of drug-likeness (QED) is 0.582. The van der Waals surface area contributed by atoms with E-state index in [0.717, 1.165) is 22.3 Å². The maximum Gasteiger partial charge on any atom is 0.417 e. The number of hydrogen-bond acceptors (Lipinski definition) is 3. The first-order valence-corrected chi connectivity index (χ1v) is 8.79. The van der Waals surface area contributed by atoms with Crippen LogP contribution in [0.15, 0.2) is 45.6 Å². The first kappa shape index (κ1) is 19.5. The number of fused-ring (bicyclic) bond motifs is 2. The fourth-order valence-corrected chi connectivity index (χ4v) is 2.76. The molecule has 0 saturated heterocycles. The van der Waals surface area contributed by atoms with Crippen LogP contribution in [0.2, 0.25) is 0 Å². The van der Waals surface area contributed by atoms with Crippen molar-refractivity contribution in [3.05, 3.63) is 63.6 Å². The summed E-state index contributed by atoms with van der Waals surface area (Å²) in [6.07, 6.45) is 0. The molecule has 0 bridgehead atoms. The van der Waals surface area contributed by atoms with E-state index in [1.54, 1.807) is 0 Å². The Morgan fingerprint density at radius 3 is 2.27 bits per heavy atom. The summed E-state index contributed by atoms with van der Waals surface area (Å²) in [6.45, 7) is 11.9. The van der Waals surface area contributed by atoms with Gasteiger partial charge in [0.05, 0.1) is 10.9 Å². The van der Waals surface area contributed by atoms with Gasteiger partial charge in [0.1, 0.15) is 0 Å². The van der Waals surface area contributed by atoms with Crippen LogP contribution in [0.4, 0.5) is 5.69 Å². The number of rotatable bonds is 0. The van der Waals surface area contributed by atoms with Gasteiger partial charge in [0.15, 0.2) is 5.58 Å². The molecule has 2 heterocycles. The highest BCUT2D eigenvalue weighted by Gasteiger charge is 2.37. The molecule has 5 heteroatoms. The van der Waals surface area contributed by atoms with Crippen LogP contribution in [0.3, 0.4) is 0 Å². The number of aryl methyl sites for hydroxylation is 2. The molecule has 0 unspecified atom stereocenters. The summed E-state index contributed by atoms with van der Waals surface area (Å²) in [5.41, 5.74) is 5.33. The fourth-order valence-electron chi connectivity index (χ4n) is 2.76. The van der Waals surface area contributed by atoms with E-state index in [9.17, 15) is 9.59 Å². The molecule has 142 valence electrons. The molecule has 2 aromatic carbocycles. The number of hydrogen-bond donors (Lipinski definition) is 2. The van der Waals surface area contributed by atoms with Crippen molar-refractivity contribution < 1.29 is 12.1 Å². The highest BCUT2D eigenvalue weighted by Crippen LogP contribution is 2.37. The maximum absolute atomic E-state index is 11.6. The summed E-state index contributed by atoms with van der Waals surface area (Å²) in [7, 11) is 0. The van der Waals surface area contributed by atoms with Gasteiger partial charge in [-0.2, -0.15) is 0 Å². The predicted molar refractivity (Wildman–Crippen MR) is 110 cm³/mol. The number of oxazole rings is 1. The van der Waals surface area contributed by atoms with E-state index >= 15 is 0 Å². The third kappa shape index (κ3) is 3.87. The van der Waals surface area contributed by atoms with Gasteiger partial charge in [-0.1, -0.05) is 32.0 Å². The Balaban J connectivity index is 0.000000453. The second kappa shape index (κ2) is 7.60. The van der Waals surface area contributed by atoms with Crippen LogP contribution in [-0.2, 0) is 10.2 Å². The number of benzene rings is 2. The Kier molecular flexibility index (Phi) is 5.70. The second-order valence-corrected chi connectivity index (χ2v) is 6.64. The van der Waals surface area contributed by atoms with Crippen LogP contribution >= 0.6 is 0 Å². The normalized spacial score (nSPS) is 13.8. The zero-order valence-electron chi connectivity index (χ0n) is 16.2. The Morgan fingerprint density at radius 1 is 0.962 bits per heavy atom. The molecule has 26 heavy (non-hydrogen) atoms. The monoisotopic (exact) mass is 358 g/mol. The zero-order chi connectivity index (χ0) is 19.5. The second-order valence-electron chi connectivity index (χ2n) is 6.64. The number of aromatic nitrogens is 1. The average Bonchev–Trinajstić information content (AvgIpc) is 3.05. The first-order valence-electron chi connectivity index (χ1n) is 8.79. The number of nitrogens with one attached hydrogen (secondary N) is 2. The van der Waals surface area contributed by atoms with Crippen molar-refractivity contribution >= 4 is 22.7 Å². The van der Waals surface area contributed by atoms with Crippen molar-refractivity contribution in [1.82, 2.24) is 4.98 Å². The minimum Gasteiger partial charge on any atom is -0.408 e. The van der Waals surface area contributed by atoms with Crippen LogP contribution in [0, 0.1) is 13.8 Å². The molecule has 0 saturated carbocycles. The summed E-state index contributed by atoms with van der Waals surface area (Å²) in [5.74, 6) is -0.307. The van der Waals surface area contributed by atoms with Crippen molar-refractivity contribution in [2.24, 2.45) is 0 Å². The van der Waals surface area contributed by atoms with Crippen LogP contribution in [0.5, 0.6) is 0 Å². The molecule has 0 atom stereocenters. The standard InChI is InChI=1S/C11H13NO.C8H7NO2.C2H6.2H2/c1-7-4-5-8-9(6-7)12-10(13)11(8,2)3;1-5-2-3-6-7(4-5)11-8(10)9-6;1-2;;/h4-6H,1-3H3,(H,12,13);2-4H,1H3,(H,9,10);1-2H3;2*1H. The highest BCUT2D eigenvalue weighted by molar-refractivity contribution is 6.05. The average molecular weight is 358 g/mol. The predicted octanol–water partition coefficient (Wildman–Crippen LogP) is 5.17. The highest BCUT2D eigenvalue weighted by atomic mass is 16.4. The third-order valence-electron chi connectivity index (χ3n) is 4.24. The van der Waals surface area contributed by atoms with Gasteiger partial charge in [-0.3, -0.25) is 9.78 Å². The third-order valence-corrected chi connectivity index (χ3v) is 4.24. The molecule has 0 spiro atoms. The maximum atomic E-state index is 11.6. The van der Waals surface area contributed by atoms with Gasteiger partial charge >= 0.3 is 5.76 Å². The van der Waals surface area contributed by atoms with Crippen LogP contribution in [-0.4, -0.2) is 10.9 Å². The molecule has 1 aromatic heterocycles. The van der Waals surface area contributed by atoms with Gasteiger partial charge in [0.2, 0.25) is 5.91 Å². The molecule has 1 amide bonds. The fraction of sp³-hybridized carbons (Fsp3) is 0.333. The van der Waals surface area contributed by atoms with Gasteiger partial charge in [0.25, 0.3) is 0 Å². The SMILES string of the molecule is CC.Cc1ccc2[nH]c(=O)oc2c1.Cc1ccc2c(c1)NC(=O)C2(C)C.[HH].[HH]. The zero-order valence-corrected chi connectivity index (χ0v) is 16.2. The first-order chi connectivity index (χ1) is 12.3. The van der Waals surface area contributed by atoms with E-state index in [1.807, 2.05) is 77.9 Å². The molecule has 2 N–H and O–H groups in total. The molecule has 1 aliphatic rings. The summed E-state index contributed by atoms with van der Waals surface area (Å²) < 4.78 is 4.84. The molecule has 3 aromatic rings. The van der Waals surface area contributed by atoms with Crippen LogP contribution < -0.4 is 11.1 Å². The van der Waals surface area contributed by atoms with Crippen molar-refractivity contribution in [1.29, 1.82) is 0 Å². The van der Waals surface area contributed by atoms with Gasteiger partial charge in [-0.05, 0) is 62.6 Å². The molecular weight excluding hydrogens is 328 g/mol. The Labute approximate surface area is 156 Å². The molecule has 0 fully saturated rings. The van der Waals surface area contributed by atoms with Gasteiger partial charge in [-0.15, -0.1) is 0 Å². The summed E-state index contributed by atoms with van der Waals surface area (Å²) >= 11 is 0. The number of amides is 1. The summed E-state index contributed by atoms with van der Waals surface area (Å²) in [5, 5.41) is 2.89. The summed E-state index contributed by atoms with van der Waals surface area (Å²) in [4.78, 5) is 24.8. The Bertz CT molecular complexity index is 991. The van der Waals surface area contributed by atoms with Gasteiger partial charge in [0, 0.05) is 8.54 Å². The van der Waals surface area contributed by atoms with Gasteiger partial charge < -0.3 is 9.73 Å². The Hall–Kier alpha value is -2.82. The molecule has 5 nitrogen and oxygen atoms in total. The number of anilines is 1. The van der Waals surface area contributed by atoms with Crippen molar-refractivity contribution in [3.8, 4) is 0 Å². The number of carbonyl (C=O) groups is 1. The van der Waals surface area contributed by atoms with Crippen molar-refractivity contribution in [2.75, 3.05) is 5.32 Å². The van der Waals surface area contributed by atoms with E-state index in [-0.39, 0.29) is 14.2 Å². The molecule has 0 aliphatic carbocycles. The van der Waals surface area contributed by atoms with E-state index in [0.29, 0.717) is 5.58 Å². The number of aromatic amines is 1. The van der Waals surface area contributed by atoms with Gasteiger partial charge in [-0.25, -0.2) is 4.79 Å². The topological polar surface area (TPSA) is 75.1 Å². The van der Waals surface area contributed by atoms with E-state index < -0.39 is 5.76 Å². The lowest BCUT2D eigenvalue weighted by Gasteiger charge is -2.14. The number of H-pyrrole nitrogens is 1. The van der Waals surface area contributed by atoms with E-state index in [2.05, 4.69) is 10.3 Å². The lowest BCUT2D eigenvalue weighted by molar-refractivity contribution is -0.119. The lowest BCUT2D eigenvalue weighted by Crippen LogP contribution is -2.26. The van der Waals surface area contributed by atoms with Crippen molar-refractivity contribution in [2.45, 2.75) is 47.0 Å². The minimum absolute atomic E-state index is 0.